The average molecular weight is 339 g/mol. The molecule has 1 aliphatic rings. The molecule has 0 saturated carbocycles. The number of carbonyl (C=O) groups is 1. The van der Waals surface area contributed by atoms with E-state index in [1.54, 1.807) is 0 Å². The van der Waals surface area contributed by atoms with Crippen molar-refractivity contribution in [3.05, 3.63) is 59.2 Å². The van der Waals surface area contributed by atoms with Gasteiger partial charge in [-0.1, -0.05) is 55.0 Å². The second-order valence-electron chi connectivity index (χ2n) is 5.80. The molecule has 0 heterocycles. The molecule has 1 aromatic carbocycles. The third-order valence-corrected chi connectivity index (χ3v) is 4.28. The molecule has 2 unspecified atom stereocenters. The zero-order chi connectivity index (χ0) is 16.0. The first-order valence-corrected chi connectivity index (χ1v) is 8.16. The first kappa shape index (κ1) is 17.3. The van der Waals surface area contributed by atoms with E-state index in [1.807, 2.05) is 30.3 Å². The number of allylic oxidation sites excluding steroid dienone is 2. The standard InChI is InChI=1S/C18H20Cl2O2/c1-18(13-14-7-9-15(19)10-8-14)11-3-2-5-16(18)22-12-4-6-17(20)21/h2-3,5,7-11,16H,4,6,12-13H2,1H3. The normalized spacial score (nSPS) is 23.7. The fourth-order valence-electron chi connectivity index (χ4n) is 2.62. The maximum atomic E-state index is 10.8. The summed E-state index contributed by atoms with van der Waals surface area (Å²) in [4.78, 5) is 10.8. The summed E-state index contributed by atoms with van der Waals surface area (Å²) in [5.74, 6) is 0. The molecule has 0 bridgehead atoms. The number of halogens is 2. The molecule has 0 N–H and O–H groups in total. The Morgan fingerprint density at radius 3 is 2.68 bits per heavy atom. The van der Waals surface area contributed by atoms with Gasteiger partial charge in [0.1, 0.15) is 0 Å². The Labute approximate surface area is 141 Å². The van der Waals surface area contributed by atoms with Crippen LogP contribution in [0.2, 0.25) is 5.02 Å². The van der Waals surface area contributed by atoms with E-state index in [-0.39, 0.29) is 16.8 Å². The fourth-order valence-corrected chi connectivity index (χ4v) is 2.88. The van der Waals surface area contributed by atoms with Crippen molar-refractivity contribution in [3.63, 3.8) is 0 Å². The predicted octanol–water partition coefficient (Wildman–Crippen LogP) is 4.95. The summed E-state index contributed by atoms with van der Waals surface area (Å²) >= 11 is 11.3. The van der Waals surface area contributed by atoms with Crippen LogP contribution in [0.3, 0.4) is 0 Å². The average Bonchev–Trinajstić information content (AvgIpc) is 2.47. The zero-order valence-electron chi connectivity index (χ0n) is 12.6. The van der Waals surface area contributed by atoms with Crippen LogP contribution in [0.5, 0.6) is 0 Å². The highest BCUT2D eigenvalue weighted by molar-refractivity contribution is 6.63. The number of benzene rings is 1. The molecule has 118 valence electrons. The molecule has 0 spiro atoms. The molecule has 2 atom stereocenters. The Kier molecular flexibility index (Phi) is 6.25. The van der Waals surface area contributed by atoms with Crippen LogP contribution in [0.15, 0.2) is 48.6 Å². The van der Waals surface area contributed by atoms with Gasteiger partial charge in [-0.3, -0.25) is 4.79 Å². The van der Waals surface area contributed by atoms with Gasteiger partial charge in [0.05, 0.1) is 6.10 Å². The summed E-state index contributed by atoms with van der Waals surface area (Å²) in [6, 6.07) is 7.90. The highest BCUT2D eigenvalue weighted by Gasteiger charge is 2.32. The van der Waals surface area contributed by atoms with Gasteiger partial charge >= 0.3 is 0 Å². The van der Waals surface area contributed by atoms with Crippen molar-refractivity contribution in [3.8, 4) is 0 Å². The monoisotopic (exact) mass is 338 g/mol. The third kappa shape index (κ3) is 4.98. The Morgan fingerprint density at radius 2 is 2.00 bits per heavy atom. The summed E-state index contributed by atoms with van der Waals surface area (Å²) in [6.45, 7) is 2.70. The summed E-state index contributed by atoms with van der Waals surface area (Å²) in [6.07, 6.45) is 10.1. The minimum absolute atomic E-state index is 0.0152. The van der Waals surface area contributed by atoms with E-state index in [2.05, 4.69) is 25.2 Å². The molecule has 0 amide bonds. The van der Waals surface area contributed by atoms with Gasteiger partial charge in [-0.25, -0.2) is 0 Å². The number of rotatable bonds is 7. The Morgan fingerprint density at radius 1 is 1.27 bits per heavy atom. The van der Waals surface area contributed by atoms with Crippen LogP contribution in [0.25, 0.3) is 0 Å². The van der Waals surface area contributed by atoms with Crippen LogP contribution in [0, 0.1) is 5.41 Å². The lowest BCUT2D eigenvalue weighted by atomic mass is 9.76. The second kappa shape index (κ2) is 7.96. The molecule has 0 fully saturated rings. The van der Waals surface area contributed by atoms with Crippen molar-refractivity contribution in [1.82, 2.24) is 0 Å². The van der Waals surface area contributed by atoms with Crippen LogP contribution in [0.4, 0.5) is 0 Å². The molecule has 22 heavy (non-hydrogen) atoms. The molecular weight excluding hydrogens is 319 g/mol. The Balaban J connectivity index is 1.98. The van der Waals surface area contributed by atoms with Crippen LogP contribution in [0.1, 0.15) is 25.3 Å². The smallest absolute Gasteiger partial charge is 0.221 e. The maximum Gasteiger partial charge on any atom is 0.221 e. The lowest BCUT2D eigenvalue weighted by Gasteiger charge is -2.35. The van der Waals surface area contributed by atoms with E-state index >= 15 is 0 Å². The summed E-state index contributed by atoms with van der Waals surface area (Å²) < 4.78 is 5.97. The molecule has 2 nitrogen and oxygen atoms in total. The molecule has 4 heteroatoms. The summed E-state index contributed by atoms with van der Waals surface area (Å²) in [5, 5.41) is 0.429. The molecule has 2 rings (SSSR count). The fraction of sp³-hybridized carbons (Fsp3) is 0.389. The van der Waals surface area contributed by atoms with Gasteiger partial charge in [0.25, 0.3) is 0 Å². The van der Waals surface area contributed by atoms with Gasteiger partial charge in [-0.2, -0.15) is 0 Å². The van der Waals surface area contributed by atoms with Gasteiger partial charge in [0, 0.05) is 23.5 Å². The molecule has 1 aliphatic carbocycles. The molecule has 1 aromatic rings. The SMILES string of the molecule is CC1(Cc2ccc(Cl)cc2)C=CC=CC1OCCCC(=O)Cl. The van der Waals surface area contributed by atoms with Crippen molar-refractivity contribution >= 4 is 28.4 Å². The third-order valence-electron chi connectivity index (χ3n) is 3.84. The largest absolute Gasteiger partial charge is 0.373 e. The van der Waals surface area contributed by atoms with Gasteiger partial charge in [-0.15, -0.1) is 0 Å². The lowest BCUT2D eigenvalue weighted by Crippen LogP contribution is -2.35. The Hall–Kier alpha value is -1.09. The molecule has 0 aromatic heterocycles. The van der Waals surface area contributed by atoms with Gasteiger partial charge in [-0.05, 0) is 42.1 Å². The van der Waals surface area contributed by atoms with E-state index in [9.17, 15) is 4.79 Å². The summed E-state index contributed by atoms with van der Waals surface area (Å²) in [7, 11) is 0. The highest BCUT2D eigenvalue weighted by Crippen LogP contribution is 2.34. The molecule has 0 radical (unpaired) electrons. The van der Waals surface area contributed by atoms with Crippen LogP contribution in [-0.4, -0.2) is 18.0 Å². The van der Waals surface area contributed by atoms with E-state index in [1.165, 1.54) is 5.56 Å². The minimum Gasteiger partial charge on any atom is -0.373 e. The van der Waals surface area contributed by atoms with E-state index in [4.69, 9.17) is 27.9 Å². The number of ether oxygens (including phenoxy) is 1. The van der Waals surface area contributed by atoms with Crippen molar-refractivity contribution in [2.45, 2.75) is 32.3 Å². The number of hydrogen-bond donors (Lipinski definition) is 0. The van der Waals surface area contributed by atoms with Crippen LogP contribution in [-0.2, 0) is 16.0 Å². The van der Waals surface area contributed by atoms with Gasteiger partial charge in [0.2, 0.25) is 5.24 Å². The molecule has 0 aliphatic heterocycles. The van der Waals surface area contributed by atoms with E-state index in [0.717, 1.165) is 11.4 Å². The van der Waals surface area contributed by atoms with Crippen molar-refractivity contribution < 1.29 is 9.53 Å². The zero-order valence-corrected chi connectivity index (χ0v) is 14.1. The summed E-state index contributed by atoms with van der Waals surface area (Å²) in [5.41, 5.74) is 1.10. The van der Waals surface area contributed by atoms with E-state index in [0.29, 0.717) is 19.4 Å². The highest BCUT2D eigenvalue weighted by atomic mass is 35.5. The maximum absolute atomic E-state index is 10.8. The van der Waals surface area contributed by atoms with Crippen molar-refractivity contribution in [2.24, 2.45) is 5.41 Å². The molecular formula is C18H20Cl2O2. The first-order chi connectivity index (χ1) is 10.5. The van der Waals surface area contributed by atoms with E-state index < -0.39 is 0 Å². The predicted molar refractivity (Wildman–Crippen MR) is 91.4 cm³/mol. The molecule has 0 saturated heterocycles. The van der Waals surface area contributed by atoms with Gasteiger partial charge < -0.3 is 4.74 Å². The van der Waals surface area contributed by atoms with Crippen LogP contribution < -0.4 is 0 Å². The van der Waals surface area contributed by atoms with Gasteiger partial charge in [0.15, 0.2) is 0 Å². The topological polar surface area (TPSA) is 26.3 Å². The number of hydrogen-bond acceptors (Lipinski definition) is 2. The Bertz CT molecular complexity index is 563. The lowest BCUT2D eigenvalue weighted by molar-refractivity contribution is -0.112. The van der Waals surface area contributed by atoms with Crippen molar-refractivity contribution in [1.29, 1.82) is 0 Å². The quantitative estimate of drug-likeness (QED) is 0.519. The second-order valence-corrected chi connectivity index (χ2v) is 6.66. The van der Waals surface area contributed by atoms with Crippen molar-refractivity contribution in [2.75, 3.05) is 6.61 Å². The number of carbonyl (C=O) groups excluding carboxylic acids is 1. The minimum atomic E-state index is -0.313. The van der Waals surface area contributed by atoms with Crippen LogP contribution >= 0.6 is 23.2 Å². The first-order valence-electron chi connectivity index (χ1n) is 7.40.